The van der Waals surface area contributed by atoms with E-state index in [1.165, 1.54) is 11.1 Å². The molecule has 0 aliphatic carbocycles. The first-order valence-corrected chi connectivity index (χ1v) is 10.2. The average Bonchev–Trinajstić information content (AvgIpc) is 3.09. The lowest BCUT2D eigenvalue weighted by Gasteiger charge is -2.14. The van der Waals surface area contributed by atoms with Gasteiger partial charge in [-0.3, -0.25) is 14.6 Å². The minimum absolute atomic E-state index is 0.141. The van der Waals surface area contributed by atoms with Gasteiger partial charge in [-0.1, -0.05) is 54.6 Å². The van der Waals surface area contributed by atoms with Crippen LogP contribution in [0.1, 0.15) is 12.5 Å². The molecule has 1 aliphatic heterocycles. The third kappa shape index (κ3) is 3.34. The fourth-order valence-electron chi connectivity index (χ4n) is 3.87. The quantitative estimate of drug-likeness (QED) is 0.479. The number of rotatable bonds is 3. The maximum Gasteiger partial charge on any atom is 0.335 e. The Morgan fingerprint density at radius 1 is 0.909 bits per heavy atom. The topological polar surface area (TPSA) is 108 Å². The lowest BCUT2D eigenvalue weighted by Crippen LogP contribution is -2.30. The van der Waals surface area contributed by atoms with Gasteiger partial charge in [0.05, 0.1) is 22.7 Å². The van der Waals surface area contributed by atoms with Crippen molar-refractivity contribution in [3.05, 3.63) is 105 Å². The molecule has 1 aliphatic rings. The zero-order valence-electron chi connectivity index (χ0n) is 17.5. The molecule has 4 aromatic rings. The summed E-state index contributed by atoms with van der Waals surface area (Å²) >= 11 is 0. The van der Waals surface area contributed by atoms with Gasteiger partial charge in [-0.25, -0.2) is 9.36 Å². The summed E-state index contributed by atoms with van der Waals surface area (Å²) in [7, 11) is 0. The smallest absolute Gasteiger partial charge is 0.335 e. The van der Waals surface area contributed by atoms with Gasteiger partial charge in [0, 0.05) is 5.39 Å². The van der Waals surface area contributed by atoms with E-state index in [-0.39, 0.29) is 11.1 Å². The minimum Gasteiger partial charge on any atom is -0.494 e. The summed E-state index contributed by atoms with van der Waals surface area (Å²) in [6, 6.07) is 21.6. The second-order valence-electron chi connectivity index (χ2n) is 7.53. The molecule has 162 valence electrons. The third-order valence-electron chi connectivity index (χ3n) is 5.48. The van der Waals surface area contributed by atoms with Gasteiger partial charge in [0.25, 0.3) is 11.5 Å². The summed E-state index contributed by atoms with van der Waals surface area (Å²) in [4.78, 5) is 40.4. The van der Waals surface area contributed by atoms with E-state index < -0.39 is 23.0 Å². The molecule has 2 N–H and O–H groups in total. The Morgan fingerprint density at radius 3 is 2.39 bits per heavy atom. The molecule has 0 bridgehead atoms. The lowest BCUT2D eigenvalue weighted by molar-refractivity contribution is -0.114. The number of fused-ring (bicyclic) bond motifs is 1. The van der Waals surface area contributed by atoms with Gasteiger partial charge in [-0.2, -0.15) is 10.1 Å². The molecular formula is C25H18N4O4. The minimum atomic E-state index is -0.804. The molecule has 8 nitrogen and oxygen atoms in total. The number of carbonyl (C=O) groups excluding carboxylic acids is 1. The molecule has 33 heavy (non-hydrogen) atoms. The number of nitrogens with zero attached hydrogens (tertiary/aromatic N) is 3. The number of aromatic hydroxyl groups is 1. The van der Waals surface area contributed by atoms with E-state index in [1.807, 2.05) is 36.4 Å². The molecule has 0 unspecified atom stereocenters. The number of hydrogen-bond donors (Lipinski definition) is 2. The van der Waals surface area contributed by atoms with Crippen LogP contribution in [0.4, 0.5) is 5.69 Å². The molecule has 0 fully saturated rings. The van der Waals surface area contributed by atoms with E-state index in [4.69, 9.17) is 0 Å². The van der Waals surface area contributed by atoms with Crippen LogP contribution in [0, 0.1) is 0 Å². The van der Waals surface area contributed by atoms with Crippen LogP contribution in [-0.4, -0.2) is 26.3 Å². The molecular weight excluding hydrogens is 420 g/mol. The van der Waals surface area contributed by atoms with Gasteiger partial charge in [0.15, 0.2) is 0 Å². The summed E-state index contributed by atoms with van der Waals surface area (Å²) in [5.41, 5.74) is -0.306. The van der Waals surface area contributed by atoms with Crippen LogP contribution in [0.5, 0.6) is 5.88 Å². The van der Waals surface area contributed by atoms with Crippen LogP contribution in [0.25, 0.3) is 22.5 Å². The molecule has 0 atom stereocenters. The highest BCUT2D eigenvalue weighted by Crippen LogP contribution is 2.32. The van der Waals surface area contributed by atoms with Gasteiger partial charge in [-0.15, -0.1) is 0 Å². The number of H-pyrrole nitrogens is 1. The van der Waals surface area contributed by atoms with Crippen LogP contribution >= 0.6 is 0 Å². The predicted octanol–water partition coefficient (Wildman–Crippen LogP) is 3.19. The Kier molecular flexibility index (Phi) is 4.75. The van der Waals surface area contributed by atoms with E-state index in [2.05, 4.69) is 10.1 Å². The Labute approximate surface area is 187 Å². The molecule has 1 aromatic heterocycles. The number of nitrogens with one attached hydrogen (secondary N) is 1. The van der Waals surface area contributed by atoms with E-state index in [0.717, 1.165) is 15.3 Å². The Morgan fingerprint density at radius 2 is 1.61 bits per heavy atom. The van der Waals surface area contributed by atoms with Crippen LogP contribution < -0.4 is 16.3 Å². The van der Waals surface area contributed by atoms with Crippen LogP contribution in [0.3, 0.4) is 0 Å². The Bertz CT molecular complexity index is 1590. The first-order chi connectivity index (χ1) is 16.0. The third-order valence-corrected chi connectivity index (χ3v) is 5.48. The van der Waals surface area contributed by atoms with Gasteiger partial charge in [0.1, 0.15) is 5.56 Å². The fraction of sp³-hybridized carbons (Fsp3) is 0.0400. The second kappa shape index (κ2) is 7.76. The Hall–Kier alpha value is -4.72. The Balaban J connectivity index is 1.63. The van der Waals surface area contributed by atoms with Crippen LogP contribution in [0.15, 0.2) is 93.1 Å². The molecule has 0 spiro atoms. The highest BCUT2D eigenvalue weighted by molar-refractivity contribution is 6.33. The van der Waals surface area contributed by atoms with Crippen molar-refractivity contribution >= 4 is 34.2 Å². The molecule has 1 amide bonds. The first-order valence-electron chi connectivity index (χ1n) is 10.2. The summed E-state index contributed by atoms with van der Waals surface area (Å²) in [6.07, 6.45) is 1.26. The van der Waals surface area contributed by atoms with Crippen molar-refractivity contribution in [1.82, 2.24) is 9.55 Å². The SMILES string of the molecule is CC1=NN(c2cccc3ccccc23)C(=O)/C1=C/c1c(O)n(-c2ccccc2)c(=O)[nH]c1=O. The summed E-state index contributed by atoms with van der Waals surface area (Å²) in [5, 5.41) is 18.3. The molecule has 0 saturated heterocycles. The number of aromatic nitrogens is 2. The number of amides is 1. The standard InChI is InChI=1S/C25H18N4O4/c1-15-19(24(32)29(27-15)21-13-7-9-16-8-5-6-12-18(16)21)14-20-22(30)26-25(33)28(23(20)31)17-10-3-2-4-11-17/h2-14,31H,1H3,(H,26,30,33)/b19-14+. The zero-order valence-corrected chi connectivity index (χ0v) is 17.5. The molecule has 5 rings (SSSR count). The fourth-order valence-corrected chi connectivity index (χ4v) is 3.87. The van der Waals surface area contributed by atoms with Crippen molar-refractivity contribution in [3.8, 4) is 11.6 Å². The van der Waals surface area contributed by atoms with Crippen LogP contribution in [0.2, 0.25) is 0 Å². The number of benzene rings is 3. The zero-order chi connectivity index (χ0) is 23.1. The average molecular weight is 438 g/mol. The van der Waals surface area contributed by atoms with Crippen molar-refractivity contribution < 1.29 is 9.90 Å². The highest BCUT2D eigenvalue weighted by Gasteiger charge is 2.30. The molecule has 0 radical (unpaired) electrons. The highest BCUT2D eigenvalue weighted by atomic mass is 16.3. The summed E-state index contributed by atoms with van der Waals surface area (Å²) in [6.45, 7) is 1.65. The number of para-hydroxylation sites is 1. The van der Waals surface area contributed by atoms with Gasteiger partial charge in [0.2, 0.25) is 5.88 Å². The number of anilines is 1. The van der Waals surface area contributed by atoms with E-state index in [1.54, 1.807) is 43.3 Å². The van der Waals surface area contributed by atoms with Gasteiger partial charge < -0.3 is 5.11 Å². The second-order valence-corrected chi connectivity index (χ2v) is 7.53. The van der Waals surface area contributed by atoms with E-state index >= 15 is 0 Å². The van der Waals surface area contributed by atoms with Crippen molar-refractivity contribution in [2.75, 3.05) is 5.01 Å². The van der Waals surface area contributed by atoms with E-state index in [0.29, 0.717) is 17.1 Å². The van der Waals surface area contributed by atoms with Crippen LogP contribution in [-0.2, 0) is 4.79 Å². The maximum atomic E-state index is 13.3. The molecule has 3 aromatic carbocycles. The summed E-state index contributed by atoms with van der Waals surface area (Å²) in [5.74, 6) is -1.01. The van der Waals surface area contributed by atoms with Crippen molar-refractivity contribution in [3.63, 3.8) is 0 Å². The predicted molar refractivity (Wildman–Crippen MR) is 127 cm³/mol. The lowest BCUT2D eigenvalue weighted by atomic mass is 10.1. The number of hydrazone groups is 1. The molecule has 2 heterocycles. The largest absolute Gasteiger partial charge is 0.494 e. The number of hydrogen-bond acceptors (Lipinski definition) is 5. The molecule has 0 saturated carbocycles. The first kappa shape index (κ1) is 20.2. The number of carbonyl (C=O) groups is 1. The van der Waals surface area contributed by atoms with Crippen molar-refractivity contribution in [2.45, 2.75) is 6.92 Å². The van der Waals surface area contributed by atoms with Crippen molar-refractivity contribution in [1.29, 1.82) is 0 Å². The van der Waals surface area contributed by atoms with Crippen molar-refractivity contribution in [2.24, 2.45) is 5.10 Å². The monoisotopic (exact) mass is 438 g/mol. The van der Waals surface area contributed by atoms with E-state index in [9.17, 15) is 19.5 Å². The maximum absolute atomic E-state index is 13.3. The summed E-state index contributed by atoms with van der Waals surface area (Å²) < 4.78 is 0.974. The van der Waals surface area contributed by atoms with Gasteiger partial charge in [-0.05, 0) is 36.6 Å². The number of aromatic amines is 1. The van der Waals surface area contributed by atoms with Gasteiger partial charge >= 0.3 is 5.69 Å². The molecule has 8 heteroatoms. The normalized spacial score (nSPS) is 14.8.